The van der Waals surface area contributed by atoms with Crippen LogP contribution in [0.25, 0.3) is 0 Å². The van der Waals surface area contributed by atoms with E-state index in [1.807, 2.05) is 0 Å². The Morgan fingerprint density at radius 2 is 1.85 bits per heavy atom. The molecule has 158 valence electrons. The highest BCUT2D eigenvalue weighted by Gasteiger charge is 2.31. The van der Waals surface area contributed by atoms with Crippen molar-refractivity contribution in [2.45, 2.75) is 64.0 Å². The monoisotopic (exact) mass is 494 g/mol. The van der Waals surface area contributed by atoms with Crippen LogP contribution >= 0.6 is 24.0 Å². The molecular formula is C20H39IN4O2. The molecule has 2 aliphatic heterocycles. The minimum absolute atomic E-state index is 0. The van der Waals surface area contributed by atoms with E-state index in [0.29, 0.717) is 12.0 Å². The summed E-state index contributed by atoms with van der Waals surface area (Å²) in [7, 11) is 0. The zero-order valence-corrected chi connectivity index (χ0v) is 19.3. The average Bonchev–Trinajstić information content (AvgIpc) is 3.51. The molecule has 0 aromatic carbocycles. The molecular weight excluding hydrogens is 455 g/mol. The topological polar surface area (TPSA) is 58.1 Å². The second-order valence-corrected chi connectivity index (χ2v) is 7.93. The second-order valence-electron chi connectivity index (χ2n) is 7.93. The molecule has 2 saturated heterocycles. The largest absolute Gasteiger partial charge is 0.381 e. The quantitative estimate of drug-likeness (QED) is 0.224. The number of hydrogen-bond donors (Lipinski definition) is 2. The predicted molar refractivity (Wildman–Crippen MR) is 121 cm³/mol. The zero-order chi connectivity index (χ0) is 18.0. The number of ether oxygens (including phenoxy) is 2. The molecule has 0 bridgehead atoms. The number of hydrogen-bond acceptors (Lipinski definition) is 4. The molecule has 7 heteroatoms. The molecule has 1 aliphatic carbocycles. The molecule has 3 aliphatic rings. The van der Waals surface area contributed by atoms with E-state index >= 15 is 0 Å². The summed E-state index contributed by atoms with van der Waals surface area (Å²) in [5.74, 6) is 1.66. The van der Waals surface area contributed by atoms with E-state index < -0.39 is 0 Å². The maximum Gasteiger partial charge on any atom is 0.191 e. The van der Waals surface area contributed by atoms with E-state index in [2.05, 4.69) is 22.5 Å². The lowest BCUT2D eigenvalue weighted by Crippen LogP contribution is -2.49. The van der Waals surface area contributed by atoms with Crippen molar-refractivity contribution in [2.24, 2.45) is 10.9 Å². The Balaban J connectivity index is 0.00000261. The van der Waals surface area contributed by atoms with Crippen molar-refractivity contribution in [1.82, 2.24) is 15.5 Å². The molecule has 0 aromatic heterocycles. The molecule has 2 N–H and O–H groups in total. The zero-order valence-electron chi connectivity index (χ0n) is 17.0. The van der Waals surface area contributed by atoms with Gasteiger partial charge in [0.1, 0.15) is 0 Å². The number of likely N-dealkylation sites (tertiary alicyclic amines) is 1. The SMILES string of the molecule is CCNC(=NCCCOCC1CCOCC1)NC1CCN(C2CC2)CC1.I. The van der Waals surface area contributed by atoms with Gasteiger partial charge in [0.15, 0.2) is 5.96 Å². The molecule has 1 saturated carbocycles. The van der Waals surface area contributed by atoms with Gasteiger partial charge in [-0.2, -0.15) is 0 Å². The first-order chi connectivity index (χ1) is 12.8. The lowest BCUT2D eigenvalue weighted by Gasteiger charge is -2.33. The third-order valence-electron chi connectivity index (χ3n) is 5.69. The van der Waals surface area contributed by atoms with Crippen LogP contribution in [0, 0.1) is 5.92 Å². The summed E-state index contributed by atoms with van der Waals surface area (Å²) in [6.07, 6.45) is 8.57. The molecule has 0 amide bonds. The van der Waals surface area contributed by atoms with Gasteiger partial charge in [0, 0.05) is 64.7 Å². The number of halogens is 1. The van der Waals surface area contributed by atoms with Crippen molar-refractivity contribution in [3.63, 3.8) is 0 Å². The summed E-state index contributed by atoms with van der Waals surface area (Å²) in [5.41, 5.74) is 0. The van der Waals surface area contributed by atoms with Crippen molar-refractivity contribution in [2.75, 3.05) is 52.6 Å². The van der Waals surface area contributed by atoms with Crippen LogP contribution in [0.4, 0.5) is 0 Å². The molecule has 6 nitrogen and oxygen atoms in total. The van der Waals surface area contributed by atoms with E-state index in [-0.39, 0.29) is 24.0 Å². The van der Waals surface area contributed by atoms with Gasteiger partial charge in [-0.1, -0.05) is 0 Å². The summed E-state index contributed by atoms with van der Waals surface area (Å²) < 4.78 is 11.2. The molecule has 3 fully saturated rings. The van der Waals surface area contributed by atoms with Crippen LogP contribution in [0.15, 0.2) is 4.99 Å². The van der Waals surface area contributed by atoms with E-state index in [1.165, 1.54) is 38.8 Å². The number of piperidine rings is 1. The fraction of sp³-hybridized carbons (Fsp3) is 0.950. The van der Waals surface area contributed by atoms with Gasteiger partial charge in [0.05, 0.1) is 0 Å². The Hall–Kier alpha value is -0.120. The number of aliphatic imine (C=N–C) groups is 1. The molecule has 0 aromatic rings. The maximum atomic E-state index is 5.83. The average molecular weight is 494 g/mol. The van der Waals surface area contributed by atoms with Gasteiger partial charge in [-0.25, -0.2) is 0 Å². The van der Waals surface area contributed by atoms with E-state index in [4.69, 9.17) is 14.5 Å². The van der Waals surface area contributed by atoms with Crippen molar-refractivity contribution in [3.8, 4) is 0 Å². The molecule has 0 radical (unpaired) electrons. The highest BCUT2D eigenvalue weighted by atomic mass is 127. The Labute approximate surface area is 182 Å². The van der Waals surface area contributed by atoms with Gasteiger partial charge in [0.2, 0.25) is 0 Å². The summed E-state index contributed by atoms with van der Waals surface area (Å²) in [4.78, 5) is 7.40. The summed E-state index contributed by atoms with van der Waals surface area (Å²) in [6.45, 7) is 9.82. The van der Waals surface area contributed by atoms with Gasteiger partial charge in [0.25, 0.3) is 0 Å². The van der Waals surface area contributed by atoms with Crippen molar-refractivity contribution in [1.29, 1.82) is 0 Å². The molecule has 3 rings (SSSR count). The van der Waals surface area contributed by atoms with Gasteiger partial charge in [-0.05, 0) is 57.8 Å². The first kappa shape index (κ1) is 23.2. The van der Waals surface area contributed by atoms with Crippen LogP contribution < -0.4 is 10.6 Å². The Morgan fingerprint density at radius 3 is 2.52 bits per heavy atom. The lowest BCUT2D eigenvalue weighted by molar-refractivity contribution is 0.0205. The predicted octanol–water partition coefficient (Wildman–Crippen LogP) is 2.62. The van der Waals surface area contributed by atoms with Crippen LogP contribution in [0.2, 0.25) is 0 Å². The minimum Gasteiger partial charge on any atom is -0.381 e. The number of rotatable bonds is 9. The summed E-state index contributed by atoms with van der Waals surface area (Å²) >= 11 is 0. The molecule has 2 heterocycles. The Morgan fingerprint density at radius 1 is 1.11 bits per heavy atom. The third kappa shape index (κ3) is 8.83. The molecule has 0 atom stereocenters. The molecule has 27 heavy (non-hydrogen) atoms. The highest BCUT2D eigenvalue weighted by Crippen LogP contribution is 2.29. The van der Waals surface area contributed by atoms with Crippen LogP contribution in [0.3, 0.4) is 0 Å². The standard InChI is InChI=1S/C20H38N4O2.HI/c1-2-21-20(23-18-6-11-24(12-7-18)19-4-5-19)22-10-3-13-26-16-17-8-14-25-15-9-17;/h17-19H,2-16H2,1H3,(H2,21,22,23);1H. The van der Waals surface area contributed by atoms with Gasteiger partial charge in [-0.3, -0.25) is 4.99 Å². The van der Waals surface area contributed by atoms with Crippen molar-refractivity contribution < 1.29 is 9.47 Å². The van der Waals surface area contributed by atoms with Crippen LogP contribution in [0.5, 0.6) is 0 Å². The first-order valence-corrected chi connectivity index (χ1v) is 10.8. The highest BCUT2D eigenvalue weighted by molar-refractivity contribution is 14.0. The number of nitrogens with zero attached hydrogens (tertiary/aromatic N) is 2. The number of guanidine groups is 1. The van der Waals surface area contributed by atoms with Crippen molar-refractivity contribution in [3.05, 3.63) is 0 Å². The fourth-order valence-electron chi connectivity index (χ4n) is 3.88. The van der Waals surface area contributed by atoms with Crippen LogP contribution in [-0.2, 0) is 9.47 Å². The fourth-order valence-corrected chi connectivity index (χ4v) is 3.88. The maximum absolute atomic E-state index is 5.83. The Kier molecular flexibility index (Phi) is 11.3. The Bertz CT molecular complexity index is 420. The van der Waals surface area contributed by atoms with Gasteiger partial charge < -0.3 is 25.0 Å². The van der Waals surface area contributed by atoms with Crippen LogP contribution in [0.1, 0.15) is 51.9 Å². The second kappa shape index (κ2) is 13.2. The number of nitrogens with one attached hydrogen (secondary N) is 2. The van der Waals surface area contributed by atoms with Gasteiger partial charge in [-0.15, -0.1) is 24.0 Å². The molecule has 0 unspecified atom stereocenters. The van der Waals surface area contributed by atoms with Gasteiger partial charge >= 0.3 is 0 Å². The van der Waals surface area contributed by atoms with E-state index in [0.717, 1.165) is 70.8 Å². The normalized spacial score (nSPS) is 23.1. The third-order valence-corrected chi connectivity index (χ3v) is 5.69. The van der Waals surface area contributed by atoms with E-state index in [1.54, 1.807) is 0 Å². The first-order valence-electron chi connectivity index (χ1n) is 10.8. The van der Waals surface area contributed by atoms with Crippen molar-refractivity contribution >= 4 is 29.9 Å². The summed E-state index contributed by atoms with van der Waals surface area (Å²) in [5, 5.41) is 7.03. The minimum atomic E-state index is 0. The smallest absolute Gasteiger partial charge is 0.191 e. The molecule has 0 spiro atoms. The van der Waals surface area contributed by atoms with Crippen LogP contribution in [-0.4, -0.2) is 75.5 Å². The summed E-state index contributed by atoms with van der Waals surface area (Å²) in [6, 6.07) is 1.46. The lowest BCUT2D eigenvalue weighted by atomic mass is 10.0. The van der Waals surface area contributed by atoms with E-state index in [9.17, 15) is 0 Å².